The SMILES string of the molecule is CC1CCC(CNCc2ccc(CO)o2)C1. The molecule has 1 aromatic heterocycles. The second-order valence-electron chi connectivity index (χ2n) is 4.94. The maximum atomic E-state index is 8.86. The maximum absolute atomic E-state index is 8.86. The van der Waals surface area contributed by atoms with E-state index >= 15 is 0 Å². The van der Waals surface area contributed by atoms with Gasteiger partial charge in [0.05, 0.1) is 6.54 Å². The Labute approximate surface area is 96.8 Å². The van der Waals surface area contributed by atoms with Gasteiger partial charge in [0.2, 0.25) is 0 Å². The lowest BCUT2D eigenvalue weighted by Crippen LogP contribution is -2.20. The van der Waals surface area contributed by atoms with Crippen LogP contribution in [0.2, 0.25) is 0 Å². The number of aliphatic hydroxyl groups excluding tert-OH is 1. The first-order valence-corrected chi connectivity index (χ1v) is 6.17. The highest BCUT2D eigenvalue weighted by Crippen LogP contribution is 2.29. The molecule has 1 heterocycles. The van der Waals surface area contributed by atoms with Crippen LogP contribution < -0.4 is 5.32 Å². The minimum Gasteiger partial charge on any atom is -0.462 e. The molecule has 16 heavy (non-hydrogen) atoms. The van der Waals surface area contributed by atoms with E-state index in [0.29, 0.717) is 5.76 Å². The van der Waals surface area contributed by atoms with E-state index in [0.717, 1.165) is 30.7 Å². The van der Waals surface area contributed by atoms with Crippen molar-refractivity contribution in [2.75, 3.05) is 6.54 Å². The Kier molecular flexibility index (Phi) is 4.02. The Bertz CT molecular complexity index is 321. The summed E-state index contributed by atoms with van der Waals surface area (Å²) in [7, 11) is 0. The molecule has 1 aliphatic rings. The summed E-state index contributed by atoms with van der Waals surface area (Å²) < 4.78 is 5.41. The van der Waals surface area contributed by atoms with E-state index in [9.17, 15) is 0 Å². The lowest BCUT2D eigenvalue weighted by atomic mass is 10.1. The summed E-state index contributed by atoms with van der Waals surface area (Å²) in [6.07, 6.45) is 4.09. The minimum absolute atomic E-state index is 0.0138. The van der Waals surface area contributed by atoms with Crippen molar-refractivity contribution in [2.24, 2.45) is 11.8 Å². The molecule has 3 nitrogen and oxygen atoms in total. The van der Waals surface area contributed by atoms with Crippen LogP contribution in [0.15, 0.2) is 16.5 Å². The summed E-state index contributed by atoms with van der Waals surface area (Å²) >= 11 is 0. The molecule has 0 bridgehead atoms. The third-order valence-corrected chi connectivity index (χ3v) is 3.41. The molecule has 0 saturated heterocycles. The van der Waals surface area contributed by atoms with Gasteiger partial charge in [-0.25, -0.2) is 0 Å². The van der Waals surface area contributed by atoms with Gasteiger partial charge in [0.15, 0.2) is 0 Å². The largest absolute Gasteiger partial charge is 0.462 e. The standard InChI is InChI=1S/C13H21NO2/c1-10-2-3-11(6-10)7-14-8-12-4-5-13(9-15)16-12/h4-5,10-11,14-15H,2-3,6-9H2,1H3. The van der Waals surface area contributed by atoms with Gasteiger partial charge < -0.3 is 14.8 Å². The number of hydrogen-bond acceptors (Lipinski definition) is 3. The van der Waals surface area contributed by atoms with Crippen LogP contribution in [0, 0.1) is 11.8 Å². The van der Waals surface area contributed by atoms with E-state index in [1.807, 2.05) is 12.1 Å². The average Bonchev–Trinajstić information content (AvgIpc) is 2.88. The monoisotopic (exact) mass is 223 g/mol. The molecule has 0 aromatic carbocycles. The Morgan fingerprint density at radius 2 is 2.19 bits per heavy atom. The van der Waals surface area contributed by atoms with E-state index in [1.54, 1.807) is 0 Å². The van der Waals surface area contributed by atoms with Crippen LogP contribution in [-0.4, -0.2) is 11.7 Å². The number of aliphatic hydroxyl groups is 1. The summed E-state index contributed by atoms with van der Waals surface area (Å²) in [5.74, 6) is 3.29. The molecule has 2 N–H and O–H groups in total. The average molecular weight is 223 g/mol. The zero-order chi connectivity index (χ0) is 11.4. The van der Waals surface area contributed by atoms with E-state index in [4.69, 9.17) is 9.52 Å². The van der Waals surface area contributed by atoms with Crippen LogP contribution in [0.25, 0.3) is 0 Å². The van der Waals surface area contributed by atoms with E-state index < -0.39 is 0 Å². The molecule has 1 fully saturated rings. The fraction of sp³-hybridized carbons (Fsp3) is 0.692. The summed E-state index contributed by atoms with van der Waals surface area (Å²) in [6, 6.07) is 3.75. The molecule has 0 amide bonds. The molecule has 2 atom stereocenters. The predicted molar refractivity (Wildman–Crippen MR) is 62.8 cm³/mol. The van der Waals surface area contributed by atoms with Gasteiger partial charge in [-0.2, -0.15) is 0 Å². The van der Waals surface area contributed by atoms with Crippen molar-refractivity contribution in [3.8, 4) is 0 Å². The van der Waals surface area contributed by atoms with Crippen LogP contribution in [-0.2, 0) is 13.2 Å². The Balaban J connectivity index is 1.67. The quantitative estimate of drug-likeness (QED) is 0.805. The molecule has 3 heteroatoms. The van der Waals surface area contributed by atoms with Gasteiger partial charge in [0.25, 0.3) is 0 Å². The minimum atomic E-state index is -0.0138. The summed E-state index contributed by atoms with van der Waals surface area (Å²) in [6.45, 7) is 4.17. The molecule has 1 aliphatic carbocycles. The first kappa shape index (κ1) is 11.7. The molecule has 1 aromatic rings. The fourth-order valence-corrected chi connectivity index (χ4v) is 2.51. The van der Waals surface area contributed by atoms with Crippen LogP contribution in [0.3, 0.4) is 0 Å². The van der Waals surface area contributed by atoms with Crippen molar-refractivity contribution in [2.45, 2.75) is 39.3 Å². The number of furan rings is 1. The van der Waals surface area contributed by atoms with Crippen molar-refractivity contribution in [1.29, 1.82) is 0 Å². The van der Waals surface area contributed by atoms with Gasteiger partial charge in [-0.3, -0.25) is 0 Å². The van der Waals surface area contributed by atoms with Crippen molar-refractivity contribution in [3.05, 3.63) is 23.7 Å². The molecule has 0 aliphatic heterocycles. The van der Waals surface area contributed by atoms with Crippen LogP contribution >= 0.6 is 0 Å². The summed E-state index contributed by atoms with van der Waals surface area (Å²) in [5, 5.41) is 12.3. The number of nitrogens with one attached hydrogen (secondary N) is 1. The topological polar surface area (TPSA) is 45.4 Å². The van der Waals surface area contributed by atoms with Gasteiger partial charge >= 0.3 is 0 Å². The van der Waals surface area contributed by atoms with Gasteiger partial charge in [-0.1, -0.05) is 13.3 Å². The first-order chi connectivity index (χ1) is 7.78. The van der Waals surface area contributed by atoms with Crippen molar-refractivity contribution >= 4 is 0 Å². The fourth-order valence-electron chi connectivity index (χ4n) is 2.51. The number of rotatable bonds is 5. The lowest BCUT2D eigenvalue weighted by molar-refractivity contribution is 0.242. The van der Waals surface area contributed by atoms with E-state index in [-0.39, 0.29) is 6.61 Å². The van der Waals surface area contributed by atoms with E-state index in [1.165, 1.54) is 19.3 Å². The molecule has 90 valence electrons. The molecule has 1 saturated carbocycles. The van der Waals surface area contributed by atoms with Crippen molar-refractivity contribution in [3.63, 3.8) is 0 Å². The molecule has 2 rings (SSSR count). The van der Waals surface area contributed by atoms with Crippen LogP contribution in [0.1, 0.15) is 37.7 Å². The molecular weight excluding hydrogens is 202 g/mol. The zero-order valence-electron chi connectivity index (χ0n) is 9.91. The second-order valence-corrected chi connectivity index (χ2v) is 4.94. The highest BCUT2D eigenvalue weighted by atomic mass is 16.4. The Morgan fingerprint density at radius 3 is 2.81 bits per heavy atom. The summed E-state index contributed by atoms with van der Waals surface area (Å²) in [5.41, 5.74) is 0. The second kappa shape index (κ2) is 5.51. The van der Waals surface area contributed by atoms with Gasteiger partial charge in [0, 0.05) is 0 Å². The maximum Gasteiger partial charge on any atom is 0.129 e. The number of hydrogen-bond donors (Lipinski definition) is 2. The van der Waals surface area contributed by atoms with Crippen LogP contribution in [0.4, 0.5) is 0 Å². The van der Waals surface area contributed by atoms with Crippen molar-refractivity contribution < 1.29 is 9.52 Å². The van der Waals surface area contributed by atoms with Crippen LogP contribution in [0.5, 0.6) is 0 Å². The molecular formula is C13H21NO2. The predicted octanol–water partition coefficient (Wildman–Crippen LogP) is 2.30. The Morgan fingerprint density at radius 1 is 1.38 bits per heavy atom. The first-order valence-electron chi connectivity index (χ1n) is 6.17. The highest BCUT2D eigenvalue weighted by Gasteiger charge is 2.20. The third-order valence-electron chi connectivity index (χ3n) is 3.41. The summed E-state index contributed by atoms with van der Waals surface area (Å²) in [4.78, 5) is 0. The van der Waals surface area contributed by atoms with E-state index in [2.05, 4.69) is 12.2 Å². The lowest BCUT2D eigenvalue weighted by Gasteiger charge is -2.09. The van der Waals surface area contributed by atoms with Crippen molar-refractivity contribution in [1.82, 2.24) is 5.32 Å². The molecule has 0 spiro atoms. The van der Waals surface area contributed by atoms with Gasteiger partial charge in [-0.05, 0) is 43.4 Å². The highest BCUT2D eigenvalue weighted by molar-refractivity contribution is 5.06. The Hall–Kier alpha value is -0.800. The smallest absolute Gasteiger partial charge is 0.129 e. The zero-order valence-corrected chi connectivity index (χ0v) is 9.91. The van der Waals surface area contributed by atoms with Gasteiger partial charge in [0.1, 0.15) is 18.1 Å². The molecule has 0 radical (unpaired) electrons. The normalized spacial score (nSPS) is 25.1. The third kappa shape index (κ3) is 3.09. The van der Waals surface area contributed by atoms with Gasteiger partial charge in [-0.15, -0.1) is 0 Å². The molecule has 2 unspecified atom stereocenters.